The van der Waals surface area contributed by atoms with Gasteiger partial charge in [0.25, 0.3) is 0 Å². The van der Waals surface area contributed by atoms with Gasteiger partial charge in [-0.3, -0.25) is 9.58 Å². The van der Waals surface area contributed by atoms with Crippen LogP contribution >= 0.6 is 0 Å². The average molecular weight is 543 g/mol. The molecule has 2 aliphatic heterocycles. The summed E-state index contributed by atoms with van der Waals surface area (Å²) in [6.45, 7) is 4.22. The quantitative estimate of drug-likeness (QED) is 0.334. The van der Waals surface area contributed by atoms with Crippen molar-refractivity contribution in [3.8, 4) is 17.0 Å². The second kappa shape index (κ2) is 11.3. The third-order valence-corrected chi connectivity index (χ3v) is 8.39. The predicted molar refractivity (Wildman–Crippen MR) is 160 cm³/mol. The van der Waals surface area contributed by atoms with Crippen molar-refractivity contribution in [3.63, 3.8) is 0 Å². The van der Waals surface area contributed by atoms with Crippen LogP contribution in [0, 0.1) is 0 Å². The zero-order valence-corrected chi connectivity index (χ0v) is 23.7. The van der Waals surface area contributed by atoms with Crippen molar-refractivity contribution in [2.24, 2.45) is 7.05 Å². The number of aromatic nitrogens is 4. The number of rotatable bonds is 8. The van der Waals surface area contributed by atoms with E-state index in [1.807, 2.05) is 38.2 Å². The van der Waals surface area contributed by atoms with Crippen LogP contribution in [-0.4, -0.2) is 84.2 Å². The molecule has 1 atom stereocenters. The molecule has 4 heterocycles. The summed E-state index contributed by atoms with van der Waals surface area (Å²) >= 11 is 0. The number of methoxy groups -OCH3 is 2. The third kappa shape index (κ3) is 5.16. The first kappa shape index (κ1) is 26.3. The Bertz CT molecular complexity index is 1480. The second-order valence-electron chi connectivity index (χ2n) is 10.6. The molecule has 2 fully saturated rings. The predicted octanol–water partition coefficient (Wildman–Crippen LogP) is 4.51. The lowest BCUT2D eigenvalue weighted by atomic mass is 10.0. The summed E-state index contributed by atoms with van der Waals surface area (Å²) in [5, 5.41) is 12.3. The largest absolute Gasteiger partial charge is 0.494 e. The maximum absolute atomic E-state index is 5.85. The number of likely N-dealkylation sites (tertiary alicyclic amines) is 1. The Morgan fingerprint density at radius 1 is 0.950 bits per heavy atom. The third-order valence-electron chi connectivity index (χ3n) is 8.39. The highest BCUT2D eigenvalue weighted by Gasteiger charge is 2.31. The van der Waals surface area contributed by atoms with Crippen molar-refractivity contribution in [2.75, 3.05) is 63.0 Å². The monoisotopic (exact) mass is 542 g/mol. The molecule has 4 aromatic rings. The molecule has 0 spiro atoms. The van der Waals surface area contributed by atoms with Crippen molar-refractivity contribution in [2.45, 2.75) is 31.4 Å². The molecular formula is C30H38N8O2. The van der Waals surface area contributed by atoms with Crippen molar-refractivity contribution in [3.05, 3.63) is 48.9 Å². The number of ether oxygens (including phenoxy) is 2. The Kier molecular flexibility index (Phi) is 7.44. The van der Waals surface area contributed by atoms with Gasteiger partial charge in [0.2, 0.25) is 0 Å². The van der Waals surface area contributed by atoms with E-state index in [9.17, 15) is 0 Å². The first-order chi connectivity index (χ1) is 19.6. The van der Waals surface area contributed by atoms with E-state index in [4.69, 9.17) is 9.47 Å². The van der Waals surface area contributed by atoms with E-state index < -0.39 is 0 Å². The molecule has 2 aromatic heterocycles. The molecule has 2 aromatic carbocycles. The molecular weight excluding hydrogens is 504 g/mol. The second-order valence-corrected chi connectivity index (χ2v) is 10.6. The van der Waals surface area contributed by atoms with Crippen molar-refractivity contribution < 1.29 is 9.47 Å². The maximum Gasteiger partial charge on any atom is 0.144 e. The van der Waals surface area contributed by atoms with E-state index in [1.54, 1.807) is 13.4 Å². The molecule has 2 saturated heterocycles. The smallest absolute Gasteiger partial charge is 0.144 e. The minimum Gasteiger partial charge on any atom is -0.494 e. The fraction of sp³-hybridized carbons (Fsp3) is 0.433. The highest BCUT2D eigenvalue weighted by Crippen LogP contribution is 2.39. The molecule has 2 N–H and O–H groups in total. The summed E-state index contributed by atoms with van der Waals surface area (Å²) in [5.74, 6) is 1.47. The molecule has 10 nitrogen and oxygen atoms in total. The number of hydrogen-bond donors (Lipinski definition) is 2. The molecule has 0 bridgehead atoms. The molecule has 0 aliphatic carbocycles. The Morgan fingerprint density at radius 2 is 1.80 bits per heavy atom. The Labute approximate surface area is 235 Å². The van der Waals surface area contributed by atoms with Gasteiger partial charge in [-0.2, -0.15) is 5.10 Å². The van der Waals surface area contributed by atoms with Gasteiger partial charge < -0.3 is 25.0 Å². The summed E-state index contributed by atoms with van der Waals surface area (Å²) in [7, 11) is 7.45. The van der Waals surface area contributed by atoms with Gasteiger partial charge in [-0.05, 0) is 31.4 Å². The van der Waals surface area contributed by atoms with Crippen LogP contribution < -0.4 is 20.3 Å². The Morgan fingerprint density at radius 3 is 2.55 bits per heavy atom. The van der Waals surface area contributed by atoms with Crippen LogP contribution in [0.15, 0.2) is 48.9 Å². The van der Waals surface area contributed by atoms with Gasteiger partial charge in [0.05, 0.1) is 47.7 Å². The lowest BCUT2D eigenvalue weighted by Gasteiger charge is -2.38. The highest BCUT2D eigenvalue weighted by molar-refractivity contribution is 5.85. The van der Waals surface area contributed by atoms with Gasteiger partial charge in [-0.25, -0.2) is 9.97 Å². The van der Waals surface area contributed by atoms with E-state index >= 15 is 0 Å². The number of nitrogens with one attached hydrogen (secondary N) is 2. The molecule has 2 aliphatic rings. The normalized spacial score (nSPS) is 18.4. The molecule has 0 amide bonds. The van der Waals surface area contributed by atoms with Crippen LogP contribution in [0.4, 0.5) is 22.9 Å². The standard InChI is InChI=1S/C30H38N8O2/c1-31-25-14-26(35-30-15-24(32-19-33-30)20-5-6-21-17-34-36(2)27(21)13-20)29(40-4)16-28(25)37-10-7-22(8-11-37)38-12-9-23(18-38)39-3/h5-6,13-17,19,22-23,31H,7-12,18H2,1-4H3,(H,32,33,35). The summed E-state index contributed by atoms with van der Waals surface area (Å²) < 4.78 is 13.3. The van der Waals surface area contributed by atoms with Crippen LogP contribution in [0.1, 0.15) is 19.3 Å². The zero-order valence-electron chi connectivity index (χ0n) is 23.7. The van der Waals surface area contributed by atoms with Gasteiger partial charge in [-0.15, -0.1) is 0 Å². The molecule has 210 valence electrons. The summed E-state index contributed by atoms with van der Waals surface area (Å²) in [4.78, 5) is 14.1. The number of piperidine rings is 1. The van der Waals surface area contributed by atoms with E-state index in [-0.39, 0.29) is 0 Å². The molecule has 40 heavy (non-hydrogen) atoms. The van der Waals surface area contributed by atoms with Crippen LogP contribution in [0.25, 0.3) is 22.2 Å². The molecule has 6 rings (SSSR count). The maximum atomic E-state index is 5.85. The summed E-state index contributed by atoms with van der Waals surface area (Å²) in [6, 6.07) is 13.1. The fourth-order valence-corrected chi connectivity index (χ4v) is 6.07. The average Bonchev–Trinajstić information content (AvgIpc) is 3.64. The Hall–Kier alpha value is -3.89. The van der Waals surface area contributed by atoms with Crippen LogP contribution in [0.3, 0.4) is 0 Å². The minimum atomic E-state index is 0.383. The van der Waals surface area contributed by atoms with Crippen LogP contribution in [0.2, 0.25) is 0 Å². The zero-order chi connectivity index (χ0) is 27.6. The SMILES string of the molecule is CNc1cc(Nc2cc(-c3ccc4cnn(C)c4c3)ncn2)c(OC)cc1N1CCC(N2CCC(OC)C2)CC1. The fourth-order valence-electron chi connectivity index (χ4n) is 6.07. The van der Waals surface area contributed by atoms with Gasteiger partial charge in [0, 0.05) is 76.5 Å². The summed E-state index contributed by atoms with van der Waals surface area (Å²) in [6.07, 6.45) is 7.28. The topological polar surface area (TPSA) is 92.6 Å². The van der Waals surface area contributed by atoms with Crippen molar-refractivity contribution >= 4 is 33.8 Å². The number of aryl methyl sites for hydroxylation is 1. The van der Waals surface area contributed by atoms with E-state index in [1.165, 1.54) is 0 Å². The first-order valence-corrected chi connectivity index (χ1v) is 14.0. The molecule has 1 unspecified atom stereocenters. The van der Waals surface area contributed by atoms with Gasteiger partial charge >= 0.3 is 0 Å². The summed E-state index contributed by atoms with van der Waals surface area (Å²) in [5.41, 5.74) is 5.97. The van der Waals surface area contributed by atoms with Crippen molar-refractivity contribution in [1.82, 2.24) is 24.6 Å². The van der Waals surface area contributed by atoms with E-state index in [0.29, 0.717) is 18.0 Å². The number of benzene rings is 2. The molecule has 10 heteroatoms. The Balaban J connectivity index is 1.20. The first-order valence-electron chi connectivity index (χ1n) is 14.0. The van der Waals surface area contributed by atoms with E-state index in [2.05, 4.69) is 65.8 Å². The lowest BCUT2D eigenvalue weighted by molar-refractivity contribution is 0.0975. The van der Waals surface area contributed by atoms with Crippen LogP contribution in [-0.2, 0) is 11.8 Å². The number of anilines is 4. The van der Waals surface area contributed by atoms with E-state index in [0.717, 1.165) is 90.4 Å². The van der Waals surface area contributed by atoms with Crippen molar-refractivity contribution in [1.29, 1.82) is 0 Å². The van der Waals surface area contributed by atoms with Gasteiger partial charge in [0.15, 0.2) is 0 Å². The molecule has 0 radical (unpaired) electrons. The highest BCUT2D eigenvalue weighted by atomic mass is 16.5. The van der Waals surface area contributed by atoms with Crippen LogP contribution in [0.5, 0.6) is 5.75 Å². The number of hydrogen-bond acceptors (Lipinski definition) is 9. The van der Waals surface area contributed by atoms with Gasteiger partial charge in [-0.1, -0.05) is 12.1 Å². The minimum absolute atomic E-state index is 0.383. The lowest BCUT2D eigenvalue weighted by Crippen LogP contribution is -2.44. The number of fused-ring (bicyclic) bond motifs is 1. The number of nitrogens with zero attached hydrogens (tertiary/aromatic N) is 6. The molecule has 0 saturated carbocycles. The van der Waals surface area contributed by atoms with Gasteiger partial charge in [0.1, 0.15) is 17.9 Å².